The topological polar surface area (TPSA) is 23.6 Å². The van der Waals surface area contributed by atoms with Gasteiger partial charge in [-0.2, -0.15) is 0 Å². The van der Waals surface area contributed by atoms with Crippen molar-refractivity contribution in [3.05, 3.63) is 69.8 Å². The van der Waals surface area contributed by atoms with E-state index in [1.54, 1.807) is 0 Å². The summed E-state index contributed by atoms with van der Waals surface area (Å²) < 4.78 is 0. The van der Waals surface area contributed by atoms with E-state index >= 15 is 0 Å². The predicted octanol–water partition coefficient (Wildman–Crippen LogP) is 8.20. The maximum absolute atomic E-state index is 14.7. The quantitative estimate of drug-likeness (QED) is 0.333. The lowest BCUT2D eigenvalue weighted by Gasteiger charge is -2.29. The van der Waals surface area contributed by atoms with Crippen LogP contribution in [0.15, 0.2) is 36.4 Å². The van der Waals surface area contributed by atoms with E-state index in [1.165, 1.54) is 138 Å². The summed E-state index contributed by atoms with van der Waals surface area (Å²) in [5.41, 5.74) is 7.63. The van der Waals surface area contributed by atoms with Gasteiger partial charge >= 0.3 is 0 Å². The lowest BCUT2D eigenvalue weighted by molar-refractivity contribution is 0.103. The van der Waals surface area contributed by atoms with Crippen LogP contribution in [0.2, 0.25) is 0 Å². The zero-order chi connectivity index (χ0) is 25.7. The van der Waals surface area contributed by atoms with Crippen LogP contribution < -0.4 is 0 Å². The van der Waals surface area contributed by atoms with Crippen LogP contribution in [0.1, 0.15) is 140 Å². The summed E-state index contributed by atoms with van der Waals surface area (Å²) in [4.78, 5) is 19.9. The van der Waals surface area contributed by atoms with Crippen LogP contribution in [0.5, 0.6) is 0 Å². The Kier molecular flexibility index (Phi) is 8.62. The highest BCUT2D eigenvalue weighted by atomic mass is 16.1. The molecular formula is C35H48N2O. The summed E-state index contributed by atoms with van der Waals surface area (Å²) in [6, 6.07) is 13.4. The number of ketones is 1. The van der Waals surface area contributed by atoms with E-state index in [0.717, 1.165) is 24.2 Å². The van der Waals surface area contributed by atoms with Crippen molar-refractivity contribution in [1.82, 2.24) is 9.80 Å². The molecule has 2 aromatic carbocycles. The summed E-state index contributed by atoms with van der Waals surface area (Å²) in [5.74, 6) is 1.52. The normalized spacial score (nSPS) is 22.3. The third kappa shape index (κ3) is 5.80. The van der Waals surface area contributed by atoms with Gasteiger partial charge in [-0.1, -0.05) is 74.9 Å². The first-order chi connectivity index (χ1) is 18.8. The molecule has 2 aliphatic heterocycles. The minimum atomic E-state index is 0.281. The van der Waals surface area contributed by atoms with Gasteiger partial charge in [-0.25, -0.2) is 0 Å². The summed E-state index contributed by atoms with van der Waals surface area (Å²) >= 11 is 0. The molecule has 0 atom stereocenters. The molecule has 0 N–H and O–H groups in total. The van der Waals surface area contributed by atoms with Gasteiger partial charge in [-0.05, 0) is 112 Å². The molecule has 2 saturated carbocycles. The number of hydrogen-bond donors (Lipinski definition) is 0. The Morgan fingerprint density at radius 1 is 0.553 bits per heavy atom. The monoisotopic (exact) mass is 512 g/mol. The molecule has 4 aliphatic rings. The predicted molar refractivity (Wildman–Crippen MR) is 157 cm³/mol. The third-order valence-corrected chi connectivity index (χ3v) is 10.2. The highest BCUT2D eigenvalue weighted by Gasteiger charge is 2.29. The number of benzene rings is 2. The highest BCUT2D eigenvalue weighted by Crippen LogP contribution is 2.39. The maximum Gasteiger partial charge on any atom is 0.193 e. The van der Waals surface area contributed by atoms with Crippen molar-refractivity contribution in [1.29, 1.82) is 0 Å². The zero-order valence-corrected chi connectivity index (χ0v) is 23.6. The van der Waals surface area contributed by atoms with Crippen molar-refractivity contribution < 1.29 is 4.79 Å². The first-order valence-corrected chi connectivity index (χ1v) is 16.0. The molecule has 0 unspecified atom stereocenters. The second-order valence-electron chi connectivity index (χ2n) is 12.7. The Bertz CT molecular complexity index is 998. The zero-order valence-electron chi connectivity index (χ0n) is 23.6. The minimum absolute atomic E-state index is 0.281. The van der Waals surface area contributed by atoms with Gasteiger partial charge in [0, 0.05) is 24.2 Å². The van der Waals surface area contributed by atoms with Gasteiger partial charge in [-0.3, -0.25) is 14.6 Å². The Labute approximate surface area is 231 Å². The number of nitrogens with zero attached hydrogens (tertiary/aromatic N) is 2. The van der Waals surface area contributed by atoms with E-state index < -0.39 is 0 Å². The van der Waals surface area contributed by atoms with E-state index in [-0.39, 0.29) is 5.78 Å². The highest BCUT2D eigenvalue weighted by molar-refractivity contribution is 6.11. The molecule has 2 heterocycles. The number of carbonyl (C=O) groups excluding carboxylic acids is 1. The second kappa shape index (κ2) is 12.5. The van der Waals surface area contributed by atoms with Crippen LogP contribution in [0.4, 0.5) is 0 Å². The van der Waals surface area contributed by atoms with Crippen LogP contribution in [0.3, 0.4) is 0 Å². The molecule has 204 valence electrons. The molecular weight excluding hydrogens is 464 g/mol. The molecule has 38 heavy (non-hydrogen) atoms. The molecule has 2 saturated heterocycles. The lowest BCUT2D eigenvalue weighted by Crippen LogP contribution is -2.25. The van der Waals surface area contributed by atoms with E-state index in [0.29, 0.717) is 11.8 Å². The Morgan fingerprint density at radius 2 is 0.947 bits per heavy atom. The van der Waals surface area contributed by atoms with Crippen molar-refractivity contribution in [3.63, 3.8) is 0 Å². The van der Waals surface area contributed by atoms with Crippen molar-refractivity contribution in [3.8, 4) is 0 Å². The largest absolute Gasteiger partial charge is 0.299 e. The average molecular weight is 513 g/mol. The fraction of sp³-hybridized carbons (Fsp3) is 0.629. The van der Waals surface area contributed by atoms with Crippen molar-refractivity contribution in [2.75, 3.05) is 26.2 Å². The van der Waals surface area contributed by atoms with Crippen LogP contribution in [-0.4, -0.2) is 41.8 Å². The van der Waals surface area contributed by atoms with Crippen LogP contribution in [0.25, 0.3) is 0 Å². The van der Waals surface area contributed by atoms with Gasteiger partial charge in [0.25, 0.3) is 0 Å². The number of rotatable bonds is 8. The number of hydrogen-bond acceptors (Lipinski definition) is 3. The maximum atomic E-state index is 14.7. The van der Waals surface area contributed by atoms with Gasteiger partial charge in [0.05, 0.1) is 0 Å². The first-order valence-electron chi connectivity index (χ1n) is 16.0. The SMILES string of the molecule is O=C(c1cccc(C2CCCCC2)c1CN1CCCC1)c1cccc(C2CCCCC2)c1CN1CCCC1. The minimum Gasteiger partial charge on any atom is -0.299 e. The number of carbonyl (C=O) groups is 1. The Balaban J connectivity index is 1.40. The van der Waals surface area contributed by atoms with Gasteiger partial charge in [0.15, 0.2) is 5.78 Å². The molecule has 0 amide bonds. The molecule has 4 fully saturated rings. The summed E-state index contributed by atoms with van der Waals surface area (Å²) in [5, 5.41) is 0. The molecule has 2 aliphatic carbocycles. The van der Waals surface area contributed by atoms with Gasteiger partial charge < -0.3 is 0 Å². The van der Waals surface area contributed by atoms with E-state index in [9.17, 15) is 4.79 Å². The van der Waals surface area contributed by atoms with E-state index in [4.69, 9.17) is 0 Å². The first kappa shape index (κ1) is 26.3. The van der Waals surface area contributed by atoms with Gasteiger partial charge in [-0.15, -0.1) is 0 Å². The van der Waals surface area contributed by atoms with Crippen molar-refractivity contribution >= 4 is 5.78 Å². The third-order valence-electron chi connectivity index (χ3n) is 10.2. The van der Waals surface area contributed by atoms with Gasteiger partial charge in [0.2, 0.25) is 0 Å². The molecule has 2 aromatic rings. The molecule has 3 nitrogen and oxygen atoms in total. The van der Waals surface area contributed by atoms with Crippen molar-refractivity contribution in [2.24, 2.45) is 0 Å². The molecule has 0 spiro atoms. The Hall–Kier alpha value is -1.97. The lowest BCUT2D eigenvalue weighted by atomic mass is 9.78. The Morgan fingerprint density at radius 3 is 1.34 bits per heavy atom. The standard InChI is InChI=1S/C35H48N2O/c38-35(31-19-11-17-29(27-13-3-1-4-14-27)33(31)25-36-21-7-8-22-36)32-20-12-18-30(28-15-5-2-6-16-28)34(32)26-37-23-9-10-24-37/h11-12,17-20,27-28H,1-10,13-16,21-26H2. The smallest absolute Gasteiger partial charge is 0.193 e. The van der Waals surface area contributed by atoms with E-state index in [2.05, 4.69) is 46.2 Å². The fourth-order valence-electron chi connectivity index (χ4n) is 8.05. The summed E-state index contributed by atoms with van der Waals surface area (Å²) in [7, 11) is 0. The molecule has 0 radical (unpaired) electrons. The van der Waals surface area contributed by atoms with Crippen molar-refractivity contribution in [2.45, 2.75) is 115 Å². The molecule has 0 bridgehead atoms. The van der Waals surface area contributed by atoms with Crippen LogP contribution >= 0.6 is 0 Å². The average Bonchev–Trinajstić information content (AvgIpc) is 3.69. The second-order valence-corrected chi connectivity index (χ2v) is 12.7. The molecule has 0 aromatic heterocycles. The van der Waals surface area contributed by atoms with E-state index in [1.807, 2.05) is 0 Å². The van der Waals surface area contributed by atoms with Gasteiger partial charge in [0.1, 0.15) is 0 Å². The number of likely N-dealkylation sites (tertiary alicyclic amines) is 2. The fourth-order valence-corrected chi connectivity index (χ4v) is 8.05. The van der Waals surface area contributed by atoms with Crippen LogP contribution in [0, 0.1) is 0 Å². The summed E-state index contributed by atoms with van der Waals surface area (Å²) in [6.07, 6.45) is 18.3. The molecule has 3 heteroatoms. The van der Waals surface area contributed by atoms with Crippen LogP contribution in [-0.2, 0) is 13.1 Å². The molecule has 6 rings (SSSR count). The summed E-state index contributed by atoms with van der Waals surface area (Å²) in [6.45, 7) is 6.57.